The van der Waals surface area contributed by atoms with Gasteiger partial charge in [0.2, 0.25) is 0 Å². The van der Waals surface area contributed by atoms with Crippen molar-refractivity contribution in [2.75, 3.05) is 0 Å². The SMILES string of the molecule is Cc1cc(C#Cc2cccc(F)c2)cc2c1C(=O)CC2. The first kappa shape index (κ1) is 12.6. The Morgan fingerprint density at radius 2 is 1.85 bits per heavy atom. The largest absolute Gasteiger partial charge is 0.294 e. The predicted octanol–water partition coefficient (Wildman–Crippen LogP) is 3.66. The average Bonchev–Trinajstić information content (AvgIpc) is 2.79. The molecule has 1 aliphatic rings. The van der Waals surface area contributed by atoms with E-state index >= 15 is 0 Å². The molecule has 1 nitrogen and oxygen atoms in total. The maximum atomic E-state index is 13.1. The number of hydrogen-bond acceptors (Lipinski definition) is 1. The van der Waals surface area contributed by atoms with Crippen LogP contribution in [0.25, 0.3) is 0 Å². The zero-order valence-electron chi connectivity index (χ0n) is 11.2. The summed E-state index contributed by atoms with van der Waals surface area (Å²) in [6.45, 7) is 1.94. The number of aryl methyl sites for hydroxylation is 2. The summed E-state index contributed by atoms with van der Waals surface area (Å²) in [6, 6.07) is 10.1. The molecule has 0 atom stereocenters. The highest BCUT2D eigenvalue weighted by atomic mass is 19.1. The molecule has 0 fully saturated rings. The van der Waals surface area contributed by atoms with Crippen molar-refractivity contribution < 1.29 is 9.18 Å². The summed E-state index contributed by atoms with van der Waals surface area (Å²) in [7, 11) is 0. The number of benzene rings is 2. The van der Waals surface area contributed by atoms with Gasteiger partial charge in [-0.25, -0.2) is 4.39 Å². The Bertz CT molecular complexity index is 763. The van der Waals surface area contributed by atoms with Crippen LogP contribution in [0.2, 0.25) is 0 Å². The van der Waals surface area contributed by atoms with Crippen molar-refractivity contribution >= 4 is 5.78 Å². The quantitative estimate of drug-likeness (QED) is 0.664. The lowest BCUT2D eigenvalue weighted by atomic mass is 10.0. The lowest BCUT2D eigenvalue weighted by molar-refractivity contribution is 0.0994. The topological polar surface area (TPSA) is 17.1 Å². The van der Waals surface area contributed by atoms with E-state index in [-0.39, 0.29) is 11.6 Å². The van der Waals surface area contributed by atoms with E-state index in [0.717, 1.165) is 28.7 Å². The molecular weight excluding hydrogens is 251 g/mol. The van der Waals surface area contributed by atoms with Crippen LogP contribution in [0.1, 0.15) is 39.0 Å². The number of fused-ring (bicyclic) bond motifs is 1. The predicted molar refractivity (Wildman–Crippen MR) is 76.2 cm³/mol. The first-order valence-corrected chi connectivity index (χ1v) is 6.58. The summed E-state index contributed by atoms with van der Waals surface area (Å²) >= 11 is 0. The van der Waals surface area contributed by atoms with Crippen LogP contribution < -0.4 is 0 Å². The third-order valence-electron chi connectivity index (χ3n) is 3.49. The van der Waals surface area contributed by atoms with Crippen molar-refractivity contribution in [1.29, 1.82) is 0 Å². The second-order valence-corrected chi connectivity index (χ2v) is 5.01. The molecule has 0 aromatic heterocycles. The molecule has 0 heterocycles. The third-order valence-corrected chi connectivity index (χ3v) is 3.49. The average molecular weight is 264 g/mol. The zero-order valence-corrected chi connectivity index (χ0v) is 11.2. The van der Waals surface area contributed by atoms with E-state index in [0.29, 0.717) is 12.0 Å². The number of rotatable bonds is 0. The van der Waals surface area contributed by atoms with E-state index in [4.69, 9.17) is 0 Å². The molecule has 20 heavy (non-hydrogen) atoms. The molecule has 2 aromatic rings. The highest BCUT2D eigenvalue weighted by molar-refractivity contribution is 6.01. The van der Waals surface area contributed by atoms with Crippen LogP contribution in [0, 0.1) is 24.6 Å². The maximum Gasteiger partial charge on any atom is 0.163 e. The minimum Gasteiger partial charge on any atom is -0.294 e. The van der Waals surface area contributed by atoms with E-state index in [1.54, 1.807) is 12.1 Å². The summed E-state index contributed by atoms with van der Waals surface area (Å²) < 4.78 is 13.1. The smallest absolute Gasteiger partial charge is 0.163 e. The highest BCUT2D eigenvalue weighted by Crippen LogP contribution is 2.26. The maximum absolute atomic E-state index is 13.1. The zero-order chi connectivity index (χ0) is 14.1. The van der Waals surface area contributed by atoms with Gasteiger partial charge in [-0.05, 0) is 54.8 Å². The number of carbonyl (C=O) groups is 1. The molecule has 3 rings (SSSR count). The van der Waals surface area contributed by atoms with E-state index in [9.17, 15) is 9.18 Å². The Labute approximate surface area is 117 Å². The molecule has 0 aliphatic heterocycles. The number of carbonyl (C=O) groups excluding carboxylic acids is 1. The molecule has 1 aliphatic carbocycles. The second kappa shape index (κ2) is 4.94. The van der Waals surface area contributed by atoms with Crippen LogP contribution in [0.3, 0.4) is 0 Å². The van der Waals surface area contributed by atoms with Gasteiger partial charge < -0.3 is 0 Å². The van der Waals surface area contributed by atoms with E-state index in [2.05, 4.69) is 11.8 Å². The van der Waals surface area contributed by atoms with Crippen molar-refractivity contribution in [2.24, 2.45) is 0 Å². The van der Waals surface area contributed by atoms with Gasteiger partial charge in [-0.3, -0.25) is 4.79 Å². The van der Waals surface area contributed by atoms with Crippen LogP contribution in [0.15, 0.2) is 36.4 Å². The first-order chi connectivity index (χ1) is 9.63. The van der Waals surface area contributed by atoms with Gasteiger partial charge in [-0.2, -0.15) is 0 Å². The Balaban J connectivity index is 1.98. The lowest BCUT2D eigenvalue weighted by Crippen LogP contribution is -1.96. The summed E-state index contributed by atoms with van der Waals surface area (Å²) in [5.74, 6) is 5.94. The fourth-order valence-corrected chi connectivity index (χ4v) is 2.61. The van der Waals surface area contributed by atoms with Crippen molar-refractivity contribution in [2.45, 2.75) is 19.8 Å². The van der Waals surface area contributed by atoms with Gasteiger partial charge in [0.1, 0.15) is 5.82 Å². The molecule has 0 saturated heterocycles. The number of ketones is 1. The Kier molecular flexibility index (Phi) is 3.12. The van der Waals surface area contributed by atoms with Gasteiger partial charge in [0, 0.05) is 23.1 Å². The molecule has 0 N–H and O–H groups in total. The summed E-state index contributed by atoms with van der Waals surface area (Å²) in [6.07, 6.45) is 1.39. The fourth-order valence-electron chi connectivity index (χ4n) is 2.61. The number of hydrogen-bond donors (Lipinski definition) is 0. The van der Waals surface area contributed by atoms with Gasteiger partial charge in [-0.1, -0.05) is 17.9 Å². The molecule has 0 radical (unpaired) electrons. The molecule has 2 aromatic carbocycles. The van der Waals surface area contributed by atoms with Gasteiger partial charge in [0.25, 0.3) is 0 Å². The minimum absolute atomic E-state index is 0.224. The van der Waals surface area contributed by atoms with Crippen molar-refractivity contribution in [3.63, 3.8) is 0 Å². The first-order valence-electron chi connectivity index (χ1n) is 6.58. The number of halogens is 1. The minimum atomic E-state index is -0.285. The summed E-state index contributed by atoms with van der Waals surface area (Å²) in [4.78, 5) is 11.7. The monoisotopic (exact) mass is 264 g/mol. The molecule has 0 bridgehead atoms. The Morgan fingerprint density at radius 1 is 1.05 bits per heavy atom. The summed E-state index contributed by atoms with van der Waals surface area (Å²) in [5, 5.41) is 0. The molecule has 2 heteroatoms. The Hall–Kier alpha value is -2.40. The molecule has 0 spiro atoms. The highest BCUT2D eigenvalue weighted by Gasteiger charge is 2.21. The van der Waals surface area contributed by atoms with Crippen molar-refractivity contribution in [3.05, 3.63) is 70.0 Å². The van der Waals surface area contributed by atoms with Crippen LogP contribution in [-0.2, 0) is 6.42 Å². The molecule has 98 valence electrons. The van der Waals surface area contributed by atoms with Gasteiger partial charge in [-0.15, -0.1) is 0 Å². The molecular formula is C18H13FO. The van der Waals surface area contributed by atoms with Crippen LogP contribution in [-0.4, -0.2) is 5.78 Å². The van der Waals surface area contributed by atoms with Crippen LogP contribution in [0.5, 0.6) is 0 Å². The normalized spacial score (nSPS) is 12.8. The van der Waals surface area contributed by atoms with Crippen molar-refractivity contribution in [3.8, 4) is 11.8 Å². The number of Topliss-reactive ketones (excluding diaryl/α,β-unsaturated/α-hetero) is 1. The van der Waals surface area contributed by atoms with Crippen LogP contribution in [0.4, 0.5) is 4.39 Å². The van der Waals surface area contributed by atoms with Gasteiger partial charge >= 0.3 is 0 Å². The molecule has 0 unspecified atom stereocenters. The Morgan fingerprint density at radius 3 is 2.65 bits per heavy atom. The van der Waals surface area contributed by atoms with Gasteiger partial charge in [0.05, 0.1) is 0 Å². The van der Waals surface area contributed by atoms with E-state index in [1.807, 2.05) is 19.1 Å². The lowest BCUT2D eigenvalue weighted by Gasteiger charge is -2.03. The summed E-state index contributed by atoms with van der Waals surface area (Å²) in [5.41, 5.74) is 4.45. The molecule has 0 saturated carbocycles. The fraction of sp³-hybridized carbons (Fsp3) is 0.167. The van der Waals surface area contributed by atoms with Crippen LogP contribution >= 0.6 is 0 Å². The standard InChI is InChI=1S/C18H13FO/c1-12-9-14(10-15-7-8-17(20)18(12)15)6-5-13-3-2-4-16(19)11-13/h2-4,9-11H,7-8H2,1H3. The van der Waals surface area contributed by atoms with Gasteiger partial charge in [0.15, 0.2) is 5.78 Å². The second-order valence-electron chi connectivity index (χ2n) is 5.01. The van der Waals surface area contributed by atoms with E-state index in [1.165, 1.54) is 12.1 Å². The third kappa shape index (κ3) is 2.35. The van der Waals surface area contributed by atoms with E-state index < -0.39 is 0 Å². The molecule has 0 amide bonds. The van der Waals surface area contributed by atoms with Crippen molar-refractivity contribution in [1.82, 2.24) is 0 Å².